The van der Waals surface area contributed by atoms with Gasteiger partial charge in [-0.25, -0.2) is 8.42 Å². The fraction of sp³-hybridized carbons (Fsp3) is 0.714. The van der Waals surface area contributed by atoms with Gasteiger partial charge in [-0.1, -0.05) is 38.3 Å². The molecule has 0 aromatic heterocycles. The molecular weight excluding hydrogens is 440 g/mol. The normalized spacial score (nSPS) is 13.0. The van der Waals surface area contributed by atoms with Crippen LogP contribution < -0.4 is 21.7 Å². The molecule has 0 saturated carbocycles. The van der Waals surface area contributed by atoms with E-state index in [0.29, 0.717) is 5.69 Å². The summed E-state index contributed by atoms with van der Waals surface area (Å²) < 4.78 is 26.1. The molecule has 0 aliphatic carbocycles. The molecule has 1 atom stereocenters. The first-order valence-electron chi connectivity index (χ1n) is 10.4. The molecular formula is C21H39BrN2O3S. The van der Waals surface area contributed by atoms with Gasteiger partial charge in [-0.15, -0.1) is 0 Å². The maximum Gasteiger partial charge on any atom is 0.229 e. The van der Waals surface area contributed by atoms with Crippen LogP contribution in [0.15, 0.2) is 24.3 Å². The van der Waals surface area contributed by atoms with Crippen molar-refractivity contribution < 1.29 is 35.0 Å². The van der Waals surface area contributed by atoms with Crippen molar-refractivity contribution >= 4 is 15.7 Å². The van der Waals surface area contributed by atoms with Crippen LogP contribution in [0.5, 0.6) is 0 Å². The zero-order chi connectivity index (χ0) is 20.3. The number of aliphatic hydroxyl groups excluding tert-OH is 1. The summed E-state index contributed by atoms with van der Waals surface area (Å²) in [5.74, 6) is 0. The van der Waals surface area contributed by atoms with Gasteiger partial charge in [0.25, 0.3) is 0 Å². The minimum atomic E-state index is -3.28. The third kappa shape index (κ3) is 10.2. The Morgan fingerprint density at radius 3 is 2.04 bits per heavy atom. The number of benzene rings is 1. The van der Waals surface area contributed by atoms with Crippen LogP contribution in [-0.4, -0.2) is 50.4 Å². The molecule has 1 rings (SSSR count). The molecule has 1 aromatic carbocycles. The smallest absolute Gasteiger partial charge is 0.229 e. The first-order chi connectivity index (χ1) is 12.7. The fourth-order valence-corrected chi connectivity index (χ4v) is 4.13. The van der Waals surface area contributed by atoms with E-state index >= 15 is 0 Å². The minimum absolute atomic E-state index is 0. The summed E-state index contributed by atoms with van der Waals surface area (Å²) in [6, 6.07) is 7.01. The van der Waals surface area contributed by atoms with E-state index in [1.807, 2.05) is 0 Å². The van der Waals surface area contributed by atoms with Crippen LogP contribution in [-0.2, 0) is 10.0 Å². The molecule has 164 valence electrons. The highest BCUT2D eigenvalue weighted by molar-refractivity contribution is 7.92. The van der Waals surface area contributed by atoms with Gasteiger partial charge in [-0.2, -0.15) is 0 Å². The van der Waals surface area contributed by atoms with Gasteiger partial charge in [0.05, 0.1) is 38.5 Å². The molecule has 0 amide bonds. The molecule has 5 nitrogen and oxygen atoms in total. The van der Waals surface area contributed by atoms with Crippen molar-refractivity contribution in [1.82, 2.24) is 0 Å². The van der Waals surface area contributed by atoms with Gasteiger partial charge in [0.1, 0.15) is 0 Å². The second-order valence-electron chi connectivity index (χ2n) is 7.64. The zero-order valence-electron chi connectivity index (χ0n) is 18.0. The van der Waals surface area contributed by atoms with Crippen molar-refractivity contribution in [2.45, 2.75) is 65.4 Å². The number of anilines is 1. The van der Waals surface area contributed by atoms with Gasteiger partial charge >= 0.3 is 0 Å². The second-order valence-corrected chi connectivity index (χ2v) is 9.38. The van der Waals surface area contributed by atoms with Gasteiger partial charge in [-0.05, 0) is 44.4 Å². The van der Waals surface area contributed by atoms with E-state index < -0.39 is 16.1 Å². The van der Waals surface area contributed by atoms with E-state index in [1.54, 1.807) is 24.3 Å². The summed E-state index contributed by atoms with van der Waals surface area (Å²) in [6.45, 7) is 11.1. The molecule has 0 aliphatic heterocycles. The Balaban J connectivity index is 0.00000729. The summed E-state index contributed by atoms with van der Waals surface area (Å²) in [4.78, 5) is 0. The average Bonchev–Trinajstić information content (AvgIpc) is 2.63. The Morgan fingerprint density at radius 1 is 0.964 bits per heavy atom. The summed E-state index contributed by atoms with van der Waals surface area (Å²) in [6.07, 6.45) is 7.79. The van der Waals surface area contributed by atoms with Gasteiger partial charge in [-0.3, -0.25) is 4.72 Å². The molecule has 7 heteroatoms. The Bertz CT molecular complexity index is 632. The molecule has 0 bridgehead atoms. The Labute approximate surface area is 182 Å². The number of sulfonamides is 1. The summed E-state index contributed by atoms with van der Waals surface area (Å²) in [5, 5.41) is 10.6. The van der Waals surface area contributed by atoms with Crippen LogP contribution in [0.4, 0.5) is 5.69 Å². The predicted octanol–water partition coefficient (Wildman–Crippen LogP) is 1.31. The molecule has 0 saturated heterocycles. The molecule has 0 spiro atoms. The van der Waals surface area contributed by atoms with Crippen molar-refractivity contribution in [3.05, 3.63) is 29.8 Å². The van der Waals surface area contributed by atoms with Crippen molar-refractivity contribution in [3.63, 3.8) is 0 Å². The lowest BCUT2D eigenvalue weighted by Gasteiger charge is -2.37. The van der Waals surface area contributed by atoms with Crippen molar-refractivity contribution in [2.24, 2.45) is 0 Å². The van der Waals surface area contributed by atoms with Crippen molar-refractivity contribution in [1.29, 1.82) is 0 Å². The van der Waals surface area contributed by atoms with Gasteiger partial charge < -0.3 is 26.6 Å². The number of unbranched alkanes of at least 4 members (excludes halogenated alkanes) is 4. The van der Waals surface area contributed by atoms with Crippen molar-refractivity contribution in [3.8, 4) is 0 Å². The Morgan fingerprint density at radius 2 is 1.54 bits per heavy atom. The fourth-order valence-electron chi connectivity index (χ4n) is 3.57. The number of nitrogens with zero attached hydrogens (tertiary/aromatic N) is 1. The second kappa shape index (κ2) is 13.6. The third-order valence-electron chi connectivity index (χ3n) is 5.55. The average molecular weight is 480 g/mol. The number of aliphatic hydroxyl groups is 1. The molecule has 28 heavy (non-hydrogen) atoms. The van der Waals surface area contributed by atoms with E-state index in [4.69, 9.17) is 0 Å². The Kier molecular flexibility index (Phi) is 13.3. The lowest BCUT2D eigenvalue weighted by atomic mass is 10.0. The van der Waals surface area contributed by atoms with Crippen LogP contribution >= 0.6 is 0 Å². The molecule has 0 aliphatic rings. The van der Waals surface area contributed by atoms with E-state index in [1.165, 1.54) is 38.6 Å². The Hall–Kier alpha value is -0.630. The lowest BCUT2D eigenvalue weighted by Crippen LogP contribution is -3.00. The highest BCUT2D eigenvalue weighted by Gasteiger charge is 2.24. The lowest BCUT2D eigenvalue weighted by molar-refractivity contribution is -0.925. The highest BCUT2D eigenvalue weighted by atomic mass is 79.9. The quantitative estimate of drug-likeness (QED) is 0.313. The third-order valence-corrected chi connectivity index (χ3v) is 6.16. The van der Waals surface area contributed by atoms with E-state index in [0.717, 1.165) is 42.4 Å². The van der Waals surface area contributed by atoms with Gasteiger partial charge in [0.15, 0.2) is 0 Å². The number of halogens is 1. The number of hydrogen-bond donors (Lipinski definition) is 2. The maximum atomic E-state index is 11.3. The summed E-state index contributed by atoms with van der Waals surface area (Å²) in [5.41, 5.74) is 1.36. The van der Waals surface area contributed by atoms with Crippen molar-refractivity contribution in [2.75, 3.05) is 37.2 Å². The predicted molar refractivity (Wildman–Crippen MR) is 114 cm³/mol. The first kappa shape index (κ1) is 27.4. The van der Waals surface area contributed by atoms with Crippen LogP contribution in [0.2, 0.25) is 0 Å². The molecule has 0 fully saturated rings. The van der Waals surface area contributed by atoms with Gasteiger partial charge in [0, 0.05) is 12.1 Å². The summed E-state index contributed by atoms with van der Waals surface area (Å²) >= 11 is 0. The van der Waals surface area contributed by atoms with E-state index in [2.05, 4.69) is 25.5 Å². The molecule has 1 aromatic rings. The van der Waals surface area contributed by atoms with E-state index in [-0.39, 0.29) is 17.0 Å². The van der Waals surface area contributed by atoms with Crippen LogP contribution in [0.1, 0.15) is 71.0 Å². The van der Waals surface area contributed by atoms with Crippen LogP contribution in [0, 0.1) is 0 Å². The number of nitrogens with one attached hydrogen (secondary N) is 1. The first-order valence-corrected chi connectivity index (χ1v) is 12.2. The molecule has 2 N–H and O–H groups in total. The topological polar surface area (TPSA) is 66.4 Å². The molecule has 0 radical (unpaired) electrons. The maximum absolute atomic E-state index is 11.3. The largest absolute Gasteiger partial charge is 1.00 e. The van der Waals surface area contributed by atoms with E-state index in [9.17, 15) is 13.5 Å². The zero-order valence-corrected chi connectivity index (χ0v) is 20.4. The van der Waals surface area contributed by atoms with Crippen LogP contribution in [0.25, 0.3) is 0 Å². The molecule has 0 heterocycles. The minimum Gasteiger partial charge on any atom is -1.00 e. The molecule has 1 unspecified atom stereocenters. The summed E-state index contributed by atoms with van der Waals surface area (Å²) in [7, 11) is -3.28. The highest BCUT2D eigenvalue weighted by Crippen LogP contribution is 2.22. The van der Waals surface area contributed by atoms with Gasteiger partial charge in [0.2, 0.25) is 10.0 Å². The standard InChI is InChI=1S/C21H39N2O3S.BrH/c1-5-8-9-10-11-17-23(6-2,7-3)18-16-21(24)19-12-14-20(15-13-19)22-27(4,25)26;/h12-15,21-22,24H,5-11,16-18H2,1-4H3;1H/q+1;/p-1. The SMILES string of the molecule is CCCCCCC[N+](CC)(CC)CCC(O)c1ccc(NS(C)(=O)=O)cc1.[Br-]. The number of hydrogen-bond acceptors (Lipinski definition) is 3. The number of quaternary nitrogens is 1. The monoisotopic (exact) mass is 478 g/mol. The number of rotatable bonds is 14. The van der Waals surface area contributed by atoms with Crippen LogP contribution in [0.3, 0.4) is 0 Å².